The number of nitrogens with one attached hydrogen (secondary N) is 2. The van der Waals surface area contributed by atoms with Crippen molar-refractivity contribution < 1.29 is 5.11 Å². The Morgan fingerprint density at radius 2 is 1.91 bits per heavy atom. The molecule has 1 aliphatic heterocycles. The first-order valence-corrected chi connectivity index (χ1v) is 12.0. The molecule has 6 heteroatoms. The van der Waals surface area contributed by atoms with Crippen molar-refractivity contribution in [3.8, 4) is 22.6 Å². The Bertz CT molecular complexity index is 1300. The second kappa shape index (κ2) is 9.26. The van der Waals surface area contributed by atoms with Crippen LogP contribution in [-0.2, 0) is 13.0 Å². The molecular formula is C28H29ClN4O. The van der Waals surface area contributed by atoms with Crippen molar-refractivity contribution >= 4 is 23.0 Å². The first-order chi connectivity index (χ1) is 16.4. The molecule has 0 aliphatic carbocycles. The van der Waals surface area contributed by atoms with Crippen LogP contribution in [-0.4, -0.2) is 38.7 Å². The van der Waals surface area contributed by atoms with Crippen LogP contribution < -0.4 is 5.32 Å². The van der Waals surface area contributed by atoms with Gasteiger partial charge in [-0.3, -0.25) is 4.90 Å². The molecule has 0 saturated carbocycles. The highest BCUT2D eigenvalue weighted by molar-refractivity contribution is 6.33. The van der Waals surface area contributed by atoms with Crippen LogP contribution in [0.15, 0.2) is 72.9 Å². The molecule has 1 aromatic heterocycles. The topological polar surface area (TPSA) is 64.2 Å². The lowest BCUT2D eigenvalue weighted by Crippen LogP contribution is -2.49. The maximum absolute atomic E-state index is 9.78. The number of anilines is 2. The monoisotopic (exact) mass is 472 g/mol. The van der Waals surface area contributed by atoms with Crippen molar-refractivity contribution in [3.05, 3.63) is 89.1 Å². The van der Waals surface area contributed by atoms with E-state index in [2.05, 4.69) is 64.4 Å². The molecule has 0 unspecified atom stereocenters. The summed E-state index contributed by atoms with van der Waals surface area (Å²) < 4.78 is 0. The van der Waals surface area contributed by atoms with Crippen LogP contribution in [0.4, 0.5) is 11.4 Å². The summed E-state index contributed by atoms with van der Waals surface area (Å²) in [6.45, 7) is 6.08. The highest BCUT2D eigenvalue weighted by Crippen LogP contribution is 2.34. The fraction of sp³-hybridized carbons (Fsp3) is 0.250. The lowest BCUT2D eigenvalue weighted by Gasteiger charge is -2.40. The quantitative estimate of drug-likeness (QED) is 0.309. The number of rotatable bonds is 6. The largest absolute Gasteiger partial charge is 0.394 e. The molecule has 0 fully saturated rings. The summed E-state index contributed by atoms with van der Waals surface area (Å²) >= 11 is 6.56. The van der Waals surface area contributed by atoms with Gasteiger partial charge in [-0.2, -0.15) is 0 Å². The number of hydrogen-bond donors (Lipinski definition) is 3. The summed E-state index contributed by atoms with van der Waals surface area (Å²) in [4.78, 5) is 10.3. The summed E-state index contributed by atoms with van der Waals surface area (Å²) in [6.07, 6.45) is 2.77. The number of aromatic amines is 1. The Balaban J connectivity index is 1.41. The van der Waals surface area contributed by atoms with Crippen LogP contribution in [0.25, 0.3) is 22.6 Å². The number of aliphatic hydroxyl groups is 1. The number of aromatic nitrogens is 2. The molecule has 0 radical (unpaired) electrons. The fourth-order valence-electron chi connectivity index (χ4n) is 4.51. The van der Waals surface area contributed by atoms with Gasteiger partial charge in [-0.05, 0) is 61.2 Å². The van der Waals surface area contributed by atoms with E-state index < -0.39 is 0 Å². The van der Waals surface area contributed by atoms with Gasteiger partial charge < -0.3 is 15.4 Å². The van der Waals surface area contributed by atoms with E-state index in [1.807, 2.05) is 42.6 Å². The second-order valence-corrected chi connectivity index (χ2v) is 9.82. The molecule has 5 rings (SSSR count). The van der Waals surface area contributed by atoms with E-state index in [0.717, 1.165) is 53.5 Å². The molecule has 0 spiro atoms. The van der Waals surface area contributed by atoms with E-state index in [4.69, 9.17) is 11.6 Å². The molecular weight excluding hydrogens is 444 g/mol. The minimum atomic E-state index is -0.228. The molecule has 34 heavy (non-hydrogen) atoms. The first-order valence-electron chi connectivity index (χ1n) is 11.6. The van der Waals surface area contributed by atoms with Gasteiger partial charge in [0.2, 0.25) is 0 Å². The minimum Gasteiger partial charge on any atom is -0.394 e. The zero-order valence-electron chi connectivity index (χ0n) is 19.5. The number of imidazole rings is 1. The standard InChI is InChI=1S/C28H29ClN4O/c1-28(2,18-34)33-14-13-22-20(17-33)9-6-10-25(22)31-21-11-12-24(29)23(15-21)27-30-16-26(32-27)19-7-4-3-5-8-19/h3-12,15-16,31,34H,13-14,17-18H2,1-2H3,(H,30,32). The molecule has 0 atom stereocenters. The van der Waals surface area contributed by atoms with E-state index in [1.54, 1.807) is 0 Å². The van der Waals surface area contributed by atoms with E-state index in [1.165, 1.54) is 11.1 Å². The van der Waals surface area contributed by atoms with Gasteiger partial charge in [-0.1, -0.05) is 54.1 Å². The van der Waals surface area contributed by atoms with Gasteiger partial charge in [0.25, 0.3) is 0 Å². The summed E-state index contributed by atoms with van der Waals surface area (Å²) in [6, 6.07) is 22.5. The Morgan fingerprint density at radius 1 is 1.09 bits per heavy atom. The smallest absolute Gasteiger partial charge is 0.139 e. The maximum Gasteiger partial charge on any atom is 0.139 e. The zero-order chi connectivity index (χ0) is 23.7. The Labute approximate surface area is 205 Å². The van der Waals surface area contributed by atoms with Gasteiger partial charge in [0.05, 0.1) is 23.5 Å². The minimum absolute atomic E-state index is 0.145. The van der Waals surface area contributed by atoms with E-state index >= 15 is 0 Å². The van der Waals surface area contributed by atoms with Gasteiger partial charge in [0.1, 0.15) is 5.82 Å². The highest BCUT2D eigenvalue weighted by atomic mass is 35.5. The van der Waals surface area contributed by atoms with Gasteiger partial charge >= 0.3 is 0 Å². The zero-order valence-corrected chi connectivity index (χ0v) is 20.2. The molecule has 0 amide bonds. The van der Waals surface area contributed by atoms with E-state index in [9.17, 15) is 5.11 Å². The Morgan fingerprint density at radius 3 is 2.71 bits per heavy atom. The van der Waals surface area contributed by atoms with Crippen LogP contribution in [0.2, 0.25) is 5.02 Å². The average Bonchev–Trinajstić information content (AvgIpc) is 3.36. The Kier molecular flexibility index (Phi) is 6.17. The lowest BCUT2D eigenvalue weighted by atomic mass is 9.93. The van der Waals surface area contributed by atoms with Crippen molar-refractivity contribution in [3.63, 3.8) is 0 Å². The number of fused-ring (bicyclic) bond motifs is 1. The number of halogens is 1. The van der Waals surface area contributed by atoms with Crippen LogP contribution in [0, 0.1) is 0 Å². The second-order valence-electron chi connectivity index (χ2n) is 9.42. The SMILES string of the molecule is CC(C)(CO)N1CCc2c(cccc2Nc2ccc(Cl)c(-c3ncc(-c4ccccc4)[nH]3)c2)C1. The molecule has 5 nitrogen and oxygen atoms in total. The van der Waals surface area contributed by atoms with Crippen molar-refractivity contribution in [2.75, 3.05) is 18.5 Å². The molecule has 0 bridgehead atoms. The van der Waals surface area contributed by atoms with Crippen molar-refractivity contribution in [2.45, 2.75) is 32.4 Å². The predicted molar refractivity (Wildman–Crippen MR) is 139 cm³/mol. The lowest BCUT2D eigenvalue weighted by molar-refractivity contribution is 0.0465. The summed E-state index contributed by atoms with van der Waals surface area (Å²) in [5, 5.41) is 14.0. The number of hydrogen-bond acceptors (Lipinski definition) is 4. The molecule has 3 N–H and O–H groups in total. The highest BCUT2D eigenvalue weighted by Gasteiger charge is 2.29. The normalized spacial score (nSPS) is 14.1. The summed E-state index contributed by atoms with van der Waals surface area (Å²) in [5.41, 5.74) is 7.36. The van der Waals surface area contributed by atoms with Crippen LogP contribution in [0.3, 0.4) is 0 Å². The number of aliphatic hydroxyl groups excluding tert-OH is 1. The van der Waals surface area contributed by atoms with Crippen LogP contribution in [0.5, 0.6) is 0 Å². The Hall–Kier alpha value is -3.12. The van der Waals surface area contributed by atoms with Crippen LogP contribution >= 0.6 is 11.6 Å². The average molecular weight is 473 g/mol. The van der Waals surface area contributed by atoms with Crippen molar-refractivity contribution in [2.24, 2.45) is 0 Å². The van der Waals surface area contributed by atoms with Gasteiger partial charge in [-0.15, -0.1) is 0 Å². The van der Waals surface area contributed by atoms with E-state index in [-0.39, 0.29) is 12.1 Å². The third-order valence-corrected chi connectivity index (χ3v) is 7.00. The summed E-state index contributed by atoms with van der Waals surface area (Å²) in [5.74, 6) is 0.740. The van der Waals surface area contributed by atoms with Gasteiger partial charge in [-0.25, -0.2) is 4.98 Å². The molecule has 1 aliphatic rings. The molecule has 0 saturated heterocycles. The molecule has 3 aromatic carbocycles. The van der Waals surface area contributed by atoms with Crippen molar-refractivity contribution in [1.82, 2.24) is 14.9 Å². The molecule has 2 heterocycles. The fourth-order valence-corrected chi connectivity index (χ4v) is 4.71. The van der Waals surface area contributed by atoms with Crippen molar-refractivity contribution in [1.29, 1.82) is 0 Å². The maximum atomic E-state index is 9.78. The number of H-pyrrole nitrogens is 1. The number of nitrogens with zero attached hydrogens (tertiary/aromatic N) is 2. The third kappa shape index (κ3) is 4.47. The number of benzene rings is 3. The van der Waals surface area contributed by atoms with Crippen LogP contribution in [0.1, 0.15) is 25.0 Å². The molecule has 4 aromatic rings. The van der Waals surface area contributed by atoms with E-state index in [0.29, 0.717) is 5.02 Å². The third-order valence-electron chi connectivity index (χ3n) is 6.67. The summed E-state index contributed by atoms with van der Waals surface area (Å²) in [7, 11) is 0. The van der Waals surface area contributed by atoms with Gasteiger partial charge in [0.15, 0.2) is 0 Å². The first kappa shape index (κ1) is 22.7. The van der Waals surface area contributed by atoms with Gasteiger partial charge in [0, 0.05) is 35.6 Å². The molecule has 174 valence electrons. The predicted octanol–water partition coefficient (Wildman–Crippen LogP) is 6.27.